The van der Waals surface area contributed by atoms with Gasteiger partial charge in [-0.25, -0.2) is 4.98 Å². The third kappa shape index (κ3) is 3.72. The van der Waals surface area contributed by atoms with E-state index in [-0.39, 0.29) is 6.10 Å². The van der Waals surface area contributed by atoms with Gasteiger partial charge in [-0.05, 0) is 25.1 Å². The summed E-state index contributed by atoms with van der Waals surface area (Å²) in [6.07, 6.45) is 3.05. The predicted octanol–water partition coefficient (Wildman–Crippen LogP) is 2.44. The highest BCUT2D eigenvalue weighted by molar-refractivity contribution is 6.30. The first-order valence-corrected chi connectivity index (χ1v) is 6.50. The van der Waals surface area contributed by atoms with Crippen LogP contribution in [0.2, 0.25) is 5.02 Å². The topological polar surface area (TPSA) is 47.3 Å². The molecule has 0 spiro atoms. The van der Waals surface area contributed by atoms with Crippen molar-refractivity contribution in [2.24, 2.45) is 7.05 Å². The molecule has 1 heterocycles. The molecule has 19 heavy (non-hydrogen) atoms. The smallest absolute Gasteiger partial charge is 0.122 e. The van der Waals surface area contributed by atoms with E-state index in [0.717, 1.165) is 5.82 Å². The molecule has 0 aliphatic carbocycles. The Kier molecular flexibility index (Phi) is 4.45. The number of aromatic nitrogens is 2. The number of rotatable bonds is 5. The number of nitrogens with zero attached hydrogens (tertiary/aromatic N) is 2. The van der Waals surface area contributed by atoms with Crippen LogP contribution in [-0.2, 0) is 13.5 Å². The summed E-state index contributed by atoms with van der Waals surface area (Å²) < 4.78 is 7.56. The predicted molar refractivity (Wildman–Crippen MR) is 74.5 cm³/mol. The van der Waals surface area contributed by atoms with Gasteiger partial charge in [0.2, 0.25) is 0 Å². The van der Waals surface area contributed by atoms with Crippen LogP contribution in [0, 0.1) is 0 Å². The van der Waals surface area contributed by atoms with Crippen LogP contribution in [0.5, 0.6) is 5.75 Å². The van der Waals surface area contributed by atoms with Crippen molar-refractivity contribution in [3.63, 3.8) is 0 Å². The molecular weight excluding hydrogens is 264 g/mol. The highest BCUT2D eigenvalue weighted by Gasteiger charge is 2.18. The average Bonchev–Trinajstić information content (AvgIpc) is 2.75. The molecule has 2 unspecified atom stereocenters. The van der Waals surface area contributed by atoms with Gasteiger partial charge in [0.15, 0.2) is 0 Å². The molecular formula is C14H17ClN2O2. The number of aryl methyl sites for hydroxylation is 1. The van der Waals surface area contributed by atoms with Gasteiger partial charge in [0.1, 0.15) is 17.7 Å². The Hall–Kier alpha value is -1.52. The lowest BCUT2D eigenvalue weighted by atomic mass is 10.1. The number of aliphatic hydroxyl groups is 1. The van der Waals surface area contributed by atoms with E-state index in [2.05, 4.69) is 4.98 Å². The number of hydrogen-bond acceptors (Lipinski definition) is 3. The first-order valence-electron chi connectivity index (χ1n) is 6.13. The molecule has 0 aliphatic rings. The second-order valence-corrected chi connectivity index (χ2v) is 4.94. The fraction of sp³-hybridized carbons (Fsp3) is 0.357. The molecule has 0 radical (unpaired) electrons. The van der Waals surface area contributed by atoms with Crippen molar-refractivity contribution in [1.82, 2.24) is 9.55 Å². The minimum Gasteiger partial charge on any atom is -0.488 e. The monoisotopic (exact) mass is 280 g/mol. The molecule has 0 saturated carbocycles. The van der Waals surface area contributed by atoms with Gasteiger partial charge in [-0.2, -0.15) is 0 Å². The van der Waals surface area contributed by atoms with Crippen LogP contribution in [0.1, 0.15) is 12.7 Å². The van der Waals surface area contributed by atoms with Gasteiger partial charge < -0.3 is 14.4 Å². The first kappa shape index (κ1) is 13.9. The molecule has 1 aromatic heterocycles. The van der Waals surface area contributed by atoms with Crippen molar-refractivity contribution in [3.05, 3.63) is 47.5 Å². The molecule has 4 nitrogen and oxygen atoms in total. The molecule has 0 aliphatic heterocycles. The van der Waals surface area contributed by atoms with Crippen molar-refractivity contribution in [3.8, 4) is 5.75 Å². The lowest BCUT2D eigenvalue weighted by Gasteiger charge is -2.20. The van der Waals surface area contributed by atoms with Crippen LogP contribution in [-0.4, -0.2) is 26.9 Å². The number of hydrogen-bond donors (Lipinski definition) is 1. The fourth-order valence-electron chi connectivity index (χ4n) is 1.78. The molecule has 2 rings (SSSR count). The van der Waals surface area contributed by atoms with Crippen molar-refractivity contribution >= 4 is 11.6 Å². The molecule has 102 valence electrons. The highest BCUT2D eigenvalue weighted by atomic mass is 35.5. The fourth-order valence-corrected chi connectivity index (χ4v) is 1.96. The normalized spacial score (nSPS) is 14.1. The standard InChI is InChI=1S/C14H17ClN2O2/c1-10(19-12-5-3-4-11(15)8-12)13(18)9-14-16-6-7-17(14)2/h3-8,10,13,18H,9H2,1-2H3. The average molecular weight is 281 g/mol. The second kappa shape index (κ2) is 6.08. The van der Waals surface area contributed by atoms with Gasteiger partial charge in [0.25, 0.3) is 0 Å². The van der Waals surface area contributed by atoms with Crippen LogP contribution < -0.4 is 4.74 Å². The van der Waals surface area contributed by atoms with Crippen LogP contribution in [0.25, 0.3) is 0 Å². The Bertz CT molecular complexity index is 542. The van der Waals surface area contributed by atoms with E-state index < -0.39 is 6.10 Å². The van der Waals surface area contributed by atoms with E-state index in [1.54, 1.807) is 18.3 Å². The molecule has 1 N–H and O–H groups in total. The molecule has 0 saturated heterocycles. The molecule has 2 aromatic rings. The third-order valence-corrected chi connectivity index (χ3v) is 3.21. The van der Waals surface area contributed by atoms with Gasteiger partial charge in [-0.15, -0.1) is 0 Å². The second-order valence-electron chi connectivity index (χ2n) is 4.51. The number of aliphatic hydroxyl groups excluding tert-OH is 1. The summed E-state index contributed by atoms with van der Waals surface area (Å²) in [4.78, 5) is 4.19. The molecule has 1 aromatic carbocycles. The van der Waals surface area contributed by atoms with E-state index in [1.165, 1.54) is 0 Å². The largest absolute Gasteiger partial charge is 0.488 e. The minimum absolute atomic E-state index is 0.338. The highest BCUT2D eigenvalue weighted by Crippen LogP contribution is 2.19. The maximum absolute atomic E-state index is 10.1. The maximum Gasteiger partial charge on any atom is 0.122 e. The summed E-state index contributed by atoms with van der Waals surface area (Å²) >= 11 is 5.89. The maximum atomic E-state index is 10.1. The van der Waals surface area contributed by atoms with E-state index in [1.807, 2.05) is 36.9 Å². The van der Waals surface area contributed by atoms with Crippen molar-refractivity contribution < 1.29 is 9.84 Å². The summed E-state index contributed by atoms with van der Waals surface area (Å²) in [6, 6.07) is 7.14. The van der Waals surface area contributed by atoms with Crippen LogP contribution in [0.4, 0.5) is 0 Å². The van der Waals surface area contributed by atoms with Crippen molar-refractivity contribution in [2.75, 3.05) is 0 Å². The van der Waals surface area contributed by atoms with Crippen LogP contribution >= 0.6 is 11.6 Å². The van der Waals surface area contributed by atoms with Crippen molar-refractivity contribution in [2.45, 2.75) is 25.6 Å². The summed E-state index contributed by atoms with van der Waals surface area (Å²) in [5, 5.41) is 10.7. The molecule has 2 atom stereocenters. The Morgan fingerprint density at radius 2 is 2.26 bits per heavy atom. The Morgan fingerprint density at radius 3 is 2.89 bits per heavy atom. The lowest BCUT2D eigenvalue weighted by molar-refractivity contribution is 0.0461. The molecule has 0 amide bonds. The zero-order valence-electron chi connectivity index (χ0n) is 11.0. The Morgan fingerprint density at radius 1 is 1.47 bits per heavy atom. The van der Waals surface area contributed by atoms with Gasteiger partial charge in [-0.3, -0.25) is 0 Å². The van der Waals surface area contributed by atoms with Crippen molar-refractivity contribution in [1.29, 1.82) is 0 Å². The van der Waals surface area contributed by atoms with E-state index in [0.29, 0.717) is 17.2 Å². The minimum atomic E-state index is -0.625. The zero-order valence-corrected chi connectivity index (χ0v) is 11.7. The van der Waals surface area contributed by atoms with E-state index in [4.69, 9.17) is 16.3 Å². The van der Waals surface area contributed by atoms with Gasteiger partial charge >= 0.3 is 0 Å². The summed E-state index contributed by atoms with van der Waals surface area (Å²) in [5.41, 5.74) is 0. The summed E-state index contributed by atoms with van der Waals surface area (Å²) in [5.74, 6) is 1.48. The quantitative estimate of drug-likeness (QED) is 0.915. The number of imidazole rings is 1. The van der Waals surface area contributed by atoms with Gasteiger partial charge in [0, 0.05) is 30.9 Å². The Balaban J connectivity index is 1.96. The summed E-state index contributed by atoms with van der Waals surface area (Å²) in [6.45, 7) is 1.83. The molecule has 0 bridgehead atoms. The van der Waals surface area contributed by atoms with Gasteiger partial charge in [-0.1, -0.05) is 17.7 Å². The van der Waals surface area contributed by atoms with Crippen LogP contribution in [0.15, 0.2) is 36.7 Å². The number of halogens is 1. The lowest BCUT2D eigenvalue weighted by Crippen LogP contribution is -2.31. The third-order valence-electron chi connectivity index (χ3n) is 2.97. The zero-order chi connectivity index (χ0) is 13.8. The SMILES string of the molecule is CC(Oc1cccc(Cl)c1)C(O)Cc1nccn1C. The molecule has 0 fully saturated rings. The first-order chi connectivity index (χ1) is 9.06. The van der Waals surface area contributed by atoms with E-state index in [9.17, 15) is 5.11 Å². The summed E-state index contributed by atoms with van der Waals surface area (Å²) in [7, 11) is 1.90. The number of benzene rings is 1. The number of ether oxygens (including phenoxy) is 1. The van der Waals surface area contributed by atoms with E-state index >= 15 is 0 Å². The molecule has 5 heteroatoms. The van der Waals surface area contributed by atoms with Gasteiger partial charge in [0.05, 0.1) is 6.10 Å². The Labute approximate surface area is 117 Å². The van der Waals surface area contributed by atoms with Crippen LogP contribution in [0.3, 0.4) is 0 Å².